The Bertz CT molecular complexity index is 778. The number of fused-ring (bicyclic) bond motifs is 1. The SMILES string of the molecule is O=C(CCn1nc(-c2cccs2)oc1=O)N1CCC[C@@H]2CCCC[C@H]21. The van der Waals surface area contributed by atoms with E-state index in [9.17, 15) is 9.59 Å². The Morgan fingerprint density at radius 3 is 2.96 bits per heavy atom. The summed E-state index contributed by atoms with van der Waals surface area (Å²) in [6, 6.07) is 4.16. The number of aryl methyl sites for hydroxylation is 1. The lowest BCUT2D eigenvalue weighted by atomic mass is 9.78. The van der Waals surface area contributed by atoms with Crippen molar-refractivity contribution in [1.29, 1.82) is 0 Å². The van der Waals surface area contributed by atoms with Crippen molar-refractivity contribution in [3.63, 3.8) is 0 Å². The van der Waals surface area contributed by atoms with Gasteiger partial charge in [0, 0.05) is 19.0 Å². The minimum atomic E-state index is -0.495. The first kappa shape index (κ1) is 16.6. The van der Waals surface area contributed by atoms with Crippen molar-refractivity contribution in [2.45, 2.75) is 57.5 Å². The molecule has 1 aliphatic heterocycles. The van der Waals surface area contributed by atoms with Gasteiger partial charge in [-0.25, -0.2) is 4.79 Å². The van der Waals surface area contributed by atoms with Crippen molar-refractivity contribution in [2.75, 3.05) is 6.54 Å². The second-order valence-corrected chi connectivity index (χ2v) is 7.91. The minimum absolute atomic E-state index is 0.143. The Labute approximate surface area is 150 Å². The average molecular weight is 361 g/mol. The van der Waals surface area contributed by atoms with E-state index < -0.39 is 5.76 Å². The van der Waals surface area contributed by atoms with E-state index in [0.717, 1.165) is 24.3 Å². The third kappa shape index (κ3) is 3.42. The Morgan fingerprint density at radius 1 is 1.28 bits per heavy atom. The van der Waals surface area contributed by atoms with Gasteiger partial charge in [0.15, 0.2) is 0 Å². The largest absolute Gasteiger partial charge is 0.437 e. The summed E-state index contributed by atoms with van der Waals surface area (Å²) in [5, 5.41) is 6.14. The van der Waals surface area contributed by atoms with E-state index in [1.54, 1.807) is 0 Å². The zero-order chi connectivity index (χ0) is 17.2. The van der Waals surface area contributed by atoms with Crippen molar-refractivity contribution < 1.29 is 9.21 Å². The van der Waals surface area contributed by atoms with Crippen molar-refractivity contribution in [1.82, 2.24) is 14.7 Å². The van der Waals surface area contributed by atoms with Gasteiger partial charge in [0.25, 0.3) is 5.89 Å². The Kier molecular flexibility index (Phi) is 4.74. The summed E-state index contributed by atoms with van der Waals surface area (Å²) in [7, 11) is 0. The summed E-state index contributed by atoms with van der Waals surface area (Å²) in [6.45, 7) is 1.13. The molecule has 25 heavy (non-hydrogen) atoms. The van der Waals surface area contributed by atoms with Crippen molar-refractivity contribution >= 4 is 17.2 Å². The van der Waals surface area contributed by atoms with Crippen molar-refractivity contribution in [3.8, 4) is 10.8 Å². The molecule has 3 heterocycles. The number of carbonyl (C=O) groups excluding carboxylic acids is 1. The minimum Gasteiger partial charge on any atom is -0.387 e. The van der Waals surface area contributed by atoms with E-state index in [2.05, 4.69) is 10.00 Å². The van der Waals surface area contributed by atoms with Gasteiger partial charge in [-0.1, -0.05) is 18.9 Å². The molecule has 0 aromatic carbocycles. The normalized spacial score (nSPS) is 23.4. The number of aromatic nitrogens is 2. The van der Waals surface area contributed by atoms with Crippen LogP contribution in [0.2, 0.25) is 0 Å². The number of rotatable bonds is 4. The Balaban J connectivity index is 1.41. The fraction of sp³-hybridized carbons (Fsp3) is 0.611. The summed E-state index contributed by atoms with van der Waals surface area (Å²) in [5.41, 5.74) is 0. The summed E-state index contributed by atoms with van der Waals surface area (Å²) in [5.74, 6) is 0.652. The zero-order valence-electron chi connectivity index (χ0n) is 14.2. The summed E-state index contributed by atoms with van der Waals surface area (Å²) >= 11 is 1.47. The van der Waals surface area contributed by atoms with Gasteiger partial charge in [-0.3, -0.25) is 4.79 Å². The molecule has 0 spiro atoms. The molecule has 0 unspecified atom stereocenters. The van der Waals surface area contributed by atoms with Gasteiger partial charge in [-0.2, -0.15) is 4.68 Å². The molecule has 4 rings (SSSR count). The zero-order valence-corrected chi connectivity index (χ0v) is 15.0. The van der Waals surface area contributed by atoms with E-state index in [4.69, 9.17) is 4.42 Å². The smallest absolute Gasteiger partial charge is 0.387 e. The topological polar surface area (TPSA) is 68.3 Å². The first-order valence-corrected chi connectivity index (χ1v) is 10.0. The molecule has 2 fully saturated rings. The standard InChI is InChI=1S/C18H23N3O3S/c22-16(20-10-3-6-13-5-1-2-7-14(13)20)9-11-21-18(23)24-17(19-21)15-8-4-12-25-15/h4,8,12-14H,1-3,5-7,9-11H2/t13-,14+/m0/s1. The highest BCUT2D eigenvalue weighted by Gasteiger charge is 2.35. The molecule has 0 radical (unpaired) electrons. The molecule has 2 aromatic heterocycles. The number of piperidine rings is 1. The molecule has 2 aromatic rings. The Hall–Kier alpha value is -1.89. The maximum absolute atomic E-state index is 12.7. The van der Waals surface area contributed by atoms with Crippen LogP contribution in [0.15, 0.2) is 26.7 Å². The number of likely N-dealkylation sites (tertiary alicyclic amines) is 1. The highest BCUT2D eigenvalue weighted by molar-refractivity contribution is 7.13. The molecule has 2 atom stereocenters. The Morgan fingerprint density at radius 2 is 2.12 bits per heavy atom. The fourth-order valence-corrected chi connectivity index (χ4v) is 4.87. The molecule has 6 nitrogen and oxygen atoms in total. The van der Waals surface area contributed by atoms with E-state index in [-0.39, 0.29) is 12.5 Å². The molecule has 0 N–H and O–H groups in total. The van der Waals surface area contributed by atoms with Gasteiger partial charge in [0.2, 0.25) is 5.91 Å². The lowest BCUT2D eigenvalue weighted by molar-refractivity contribution is -0.137. The summed E-state index contributed by atoms with van der Waals surface area (Å²) in [4.78, 5) is 27.6. The molecule has 0 bridgehead atoms. The van der Waals surface area contributed by atoms with Crippen LogP contribution in [0, 0.1) is 5.92 Å². The molecule has 134 valence electrons. The molecule has 1 saturated heterocycles. The predicted octanol–water partition coefficient (Wildman–Crippen LogP) is 3.14. The van der Waals surface area contributed by atoms with Gasteiger partial charge in [0.1, 0.15) is 0 Å². The highest BCUT2D eigenvalue weighted by Crippen LogP contribution is 2.35. The third-order valence-electron chi connectivity index (χ3n) is 5.44. The van der Waals surface area contributed by atoms with Crippen molar-refractivity contribution in [2.24, 2.45) is 5.92 Å². The number of hydrogen-bond acceptors (Lipinski definition) is 5. The lowest BCUT2D eigenvalue weighted by Crippen LogP contribution is -2.49. The van der Waals surface area contributed by atoms with Gasteiger partial charge in [-0.05, 0) is 43.0 Å². The molecule has 7 heteroatoms. The van der Waals surface area contributed by atoms with Gasteiger partial charge >= 0.3 is 5.76 Å². The van der Waals surface area contributed by atoms with E-state index in [1.807, 2.05) is 17.5 Å². The maximum atomic E-state index is 12.7. The van der Waals surface area contributed by atoms with Crippen LogP contribution in [-0.4, -0.2) is 33.2 Å². The number of nitrogens with zero attached hydrogens (tertiary/aromatic N) is 3. The number of hydrogen-bond donors (Lipinski definition) is 0. The highest BCUT2D eigenvalue weighted by atomic mass is 32.1. The summed E-state index contributed by atoms with van der Waals surface area (Å²) in [6.07, 6.45) is 7.55. The first-order chi connectivity index (χ1) is 12.2. The number of carbonyl (C=O) groups is 1. The molecule has 2 aliphatic rings. The monoisotopic (exact) mass is 361 g/mol. The number of thiophene rings is 1. The number of amides is 1. The van der Waals surface area contributed by atoms with E-state index in [1.165, 1.54) is 41.7 Å². The van der Waals surface area contributed by atoms with Crippen LogP contribution >= 0.6 is 11.3 Å². The van der Waals surface area contributed by atoms with Crippen LogP contribution in [0.5, 0.6) is 0 Å². The molecule has 1 saturated carbocycles. The van der Waals surface area contributed by atoms with Crippen molar-refractivity contribution in [3.05, 3.63) is 28.1 Å². The van der Waals surface area contributed by atoms with Crippen LogP contribution in [0.1, 0.15) is 44.9 Å². The van der Waals surface area contributed by atoms with Crippen LogP contribution in [0.3, 0.4) is 0 Å². The maximum Gasteiger partial charge on any atom is 0.437 e. The van der Waals surface area contributed by atoms with Gasteiger partial charge < -0.3 is 9.32 Å². The van der Waals surface area contributed by atoms with Gasteiger partial charge in [0.05, 0.1) is 11.4 Å². The first-order valence-electron chi connectivity index (χ1n) is 9.13. The van der Waals surface area contributed by atoms with E-state index in [0.29, 0.717) is 24.3 Å². The van der Waals surface area contributed by atoms with E-state index >= 15 is 0 Å². The second-order valence-electron chi connectivity index (χ2n) is 6.96. The predicted molar refractivity (Wildman–Crippen MR) is 95.4 cm³/mol. The van der Waals surface area contributed by atoms with Crippen LogP contribution in [0.25, 0.3) is 10.8 Å². The second kappa shape index (κ2) is 7.15. The van der Waals surface area contributed by atoms with Crippen LogP contribution in [0.4, 0.5) is 0 Å². The van der Waals surface area contributed by atoms with Gasteiger partial charge in [-0.15, -0.1) is 16.4 Å². The third-order valence-corrected chi connectivity index (χ3v) is 6.30. The quantitative estimate of drug-likeness (QED) is 0.839. The fourth-order valence-electron chi connectivity index (χ4n) is 4.23. The molecular weight excluding hydrogens is 338 g/mol. The summed E-state index contributed by atoms with van der Waals surface area (Å²) < 4.78 is 6.48. The molecule has 1 aliphatic carbocycles. The van der Waals surface area contributed by atoms with Crippen LogP contribution < -0.4 is 5.76 Å². The molecular formula is C18H23N3O3S. The van der Waals surface area contributed by atoms with Crippen LogP contribution in [-0.2, 0) is 11.3 Å². The lowest BCUT2D eigenvalue weighted by Gasteiger charge is -2.44. The average Bonchev–Trinajstić information content (AvgIpc) is 3.29. The molecule has 1 amide bonds.